The summed E-state index contributed by atoms with van der Waals surface area (Å²) in [5, 5.41) is 15.6. The fourth-order valence-corrected chi connectivity index (χ4v) is 1.94. The minimum Gasteiger partial charge on any atom is -0.481 e. The number of rotatable bonds is 5. The third-order valence-electron chi connectivity index (χ3n) is 2.56. The minimum absolute atomic E-state index is 0.126. The van der Waals surface area contributed by atoms with Crippen LogP contribution in [0.1, 0.15) is 12.8 Å². The van der Waals surface area contributed by atoms with Gasteiger partial charge in [0.1, 0.15) is 0 Å². The predicted molar refractivity (Wildman–Crippen MR) is 69.7 cm³/mol. The second kappa shape index (κ2) is 5.59. The molecule has 0 aliphatic rings. The second-order valence-electron chi connectivity index (χ2n) is 3.87. The lowest BCUT2D eigenvalue weighted by molar-refractivity contribution is -0.137. The molecule has 1 heterocycles. The third kappa shape index (κ3) is 2.84. The van der Waals surface area contributed by atoms with Crippen LogP contribution in [0.3, 0.4) is 0 Å². The summed E-state index contributed by atoms with van der Waals surface area (Å²) in [5.74, 6) is -0.0581. The first-order valence-corrected chi connectivity index (χ1v) is 6.01. The highest BCUT2D eigenvalue weighted by Crippen LogP contribution is 2.17. The van der Waals surface area contributed by atoms with E-state index in [4.69, 9.17) is 17.3 Å². The second-order valence-corrected chi connectivity index (χ2v) is 4.25. The van der Waals surface area contributed by atoms with Crippen LogP contribution in [0.25, 0.3) is 11.4 Å². The molecule has 0 aliphatic heterocycles. The molecular formula is C12H13N3O2S. The van der Waals surface area contributed by atoms with E-state index in [0.717, 1.165) is 11.4 Å². The number of carboxylic acid groups (broad SMARTS) is 1. The van der Waals surface area contributed by atoms with E-state index in [1.807, 2.05) is 34.9 Å². The lowest BCUT2D eigenvalue weighted by atomic mass is 10.2. The van der Waals surface area contributed by atoms with Crippen molar-refractivity contribution in [1.82, 2.24) is 14.8 Å². The van der Waals surface area contributed by atoms with E-state index in [0.29, 0.717) is 17.7 Å². The van der Waals surface area contributed by atoms with Gasteiger partial charge in [-0.3, -0.25) is 9.89 Å². The van der Waals surface area contributed by atoms with Gasteiger partial charge in [0.05, 0.1) is 0 Å². The van der Waals surface area contributed by atoms with Crippen molar-refractivity contribution in [3.05, 3.63) is 35.1 Å². The van der Waals surface area contributed by atoms with Gasteiger partial charge >= 0.3 is 5.97 Å². The van der Waals surface area contributed by atoms with Gasteiger partial charge in [0.15, 0.2) is 10.6 Å². The molecule has 1 aromatic heterocycles. The summed E-state index contributed by atoms with van der Waals surface area (Å²) in [6, 6.07) is 9.67. The summed E-state index contributed by atoms with van der Waals surface area (Å²) in [7, 11) is 0. The Morgan fingerprint density at radius 1 is 1.39 bits per heavy atom. The molecule has 18 heavy (non-hydrogen) atoms. The lowest BCUT2D eigenvalue weighted by Crippen LogP contribution is -2.04. The molecule has 1 aromatic carbocycles. The van der Waals surface area contributed by atoms with Crippen LogP contribution >= 0.6 is 12.2 Å². The zero-order chi connectivity index (χ0) is 13.0. The molecule has 0 radical (unpaired) electrons. The van der Waals surface area contributed by atoms with E-state index in [2.05, 4.69) is 10.2 Å². The van der Waals surface area contributed by atoms with Crippen LogP contribution in [0, 0.1) is 4.77 Å². The van der Waals surface area contributed by atoms with Crippen LogP contribution in [0.4, 0.5) is 0 Å². The van der Waals surface area contributed by atoms with Crippen LogP contribution < -0.4 is 0 Å². The fourth-order valence-electron chi connectivity index (χ4n) is 1.72. The number of aliphatic carboxylic acids is 1. The minimum atomic E-state index is -0.800. The largest absolute Gasteiger partial charge is 0.481 e. The lowest BCUT2D eigenvalue weighted by Gasteiger charge is -2.05. The Morgan fingerprint density at radius 2 is 2.11 bits per heavy atom. The number of carboxylic acids is 1. The van der Waals surface area contributed by atoms with Gasteiger partial charge < -0.3 is 9.67 Å². The van der Waals surface area contributed by atoms with Crippen LogP contribution in [0.5, 0.6) is 0 Å². The monoisotopic (exact) mass is 263 g/mol. The zero-order valence-corrected chi connectivity index (χ0v) is 10.5. The maximum Gasteiger partial charge on any atom is 0.303 e. The van der Waals surface area contributed by atoms with Gasteiger partial charge in [0.2, 0.25) is 0 Å². The van der Waals surface area contributed by atoms with E-state index in [-0.39, 0.29) is 6.42 Å². The topological polar surface area (TPSA) is 70.9 Å². The SMILES string of the molecule is O=C(O)CCCn1c(-c2ccccc2)n[nH]c1=S. The van der Waals surface area contributed by atoms with Crippen molar-refractivity contribution in [2.75, 3.05) is 0 Å². The quantitative estimate of drug-likeness (QED) is 0.813. The number of aromatic nitrogens is 3. The maximum absolute atomic E-state index is 10.5. The molecule has 6 heteroatoms. The molecular weight excluding hydrogens is 250 g/mol. The van der Waals surface area contributed by atoms with Crippen LogP contribution in [0.15, 0.2) is 30.3 Å². The van der Waals surface area contributed by atoms with Crippen molar-refractivity contribution in [2.45, 2.75) is 19.4 Å². The molecule has 2 rings (SSSR count). The Hall–Kier alpha value is -1.95. The summed E-state index contributed by atoms with van der Waals surface area (Å²) in [5.41, 5.74) is 0.958. The molecule has 0 saturated heterocycles. The van der Waals surface area contributed by atoms with Crippen LogP contribution in [-0.2, 0) is 11.3 Å². The van der Waals surface area contributed by atoms with Gasteiger partial charge in [0.25, 0.3) is 0 Å². The van der Waals surface area contributed by atoms with E-state index < -0.39 is 5.97 Å². The Labute approximate surface area is 109 Å². The summed E-state index contributed by atoms with van der Waals surface area (Å²) in [6.07, 6.45) is 0.657. The molecule has 2 N–H and O–H groups in total. The number of H-pyrrole nitrogens is 1. The highest BCUT2D eigenvalue weighted by molar-refractivity contribution is 7.71. The average Bonchev–Trinajstić information content (AvgIpc) is 2.72. The standard InChI is InChI=1S/C12H13N3O2S/c16-10(17)7-4-8-15-11(13-14-12(15)18)9-5-2-1-3-6-9/h1-3,5-6H,4,7-8H2,(H,14,18)(H,16,17). The van der Waals surface area contributed by atoms with Gasteiger partial charge in [-0.2, -0.15) is 5.10 Å². The van der Waals surface area contributed by atoms with Crippen molar-refractivity contribution in [3.8, 4) is 11.4 Å². The van der Waals surface area contributed by atoms with Crippen molar-refractivity contribution >= 4 is 18.2 Å². The van der Waals surface area contributed by atoms with Crippen molar-refractivity contribution in [2.24, 2.45) is 0 Å². The van der Waals surface area contributed by atoms with Crippen LogP contribution in [-0.4, -0.2) is 25.8 Å². The number of benzene rings is 1. The predicted octanol–water partition coefficient (Wildman–Crippen LogP) is 2.47. The fraction of sp³-hybridized carbons (Fsp3) is 0.250. The molecule has 0 unspecified atom stereocenters. The smallest absolute Gasteiger partial charge is 0.303 e. The number of hydrogen-bond donors (Lipinski definition) is 2. The first-order valence-electron chi connectivity index (χ1n) is 5.61. The van der Waals surface area contributed by atoms with Crippen molar-refractivity contribution < 1.29 is 9.90 Å². The molecule has 0 aliphatic carbocycles. The molecule has 0 atom stereocenters. The average molecular weight is 263 g/mol. The number of carbonyl (C=O) groups is 1. The molecule has 0 bridgehead atoms. The van der Waals surface area contributed by atoms with Gasteiger partial charge in [-0.1, -0.05) is 30.3 Å². The highest BCUT2D eigenvalue weighted by Gasteiger charge is 2.08. The molecule has 0 fully saturated rings. The molecule has 2 aromatic rings. The Balaban J connectivity index is 2.22. The van der Waals surface area contributed by atoms with Crippen molar-refractivity contribution in [3.63, 3.8) is 0 Å². The molecule has 0 spiro atoms. The third-order valence-corrected chi connectivity index (χ3v) is 2.87. The number of nitrogens with one attached hydrogen (secondary N) is 1. The molecule has 5 nitrogen and oxygen atoms in total. The number of hydrogen-bond acceptors (Lipinski definition) is 3. The van der Waals surface area contributed by atoms with Gasteiger partial charge in [-0.15, -0.1) is 0 Å². The maximum atomic E-state index is 10.5. The van der Waals surface area contributed by atoms with Gasteiger partial charge in [-0.25, -0.2) is 0 Å². The first kappa shape index (κ1) is 12.5. The molecule has 0 amide bonds. The number of aromatic amines is 1. The zero-order valence-electron chi connectivity index (χ0n) is 9.67. The Morgan fingerprint density at radius 3 is 2.78 bits per heavy atom. The summed E-state index contributed by atoms with van der Waals surface area (Å²) in [4.78, 5) is 10.5. The van der Waals surface area contributed by atoms with Crippen LogP contribution in [0.2, 0.25) is 0 Å². The van der Waals surface area contributed by atoms with E-state index in [9.17, 15) is 4.79 Å². The summed E-state index contributed by atoms with van der Waals surface area (Å²) < 4.78 is 2.34. The first-order chi connectivity index (χ1) is 8.68. The summed E-state index contributed by atoms with van der Waals surface area (Å²) in [6.45, 7) is 0.547. The Kier molecular flexibility index (Phi) is 3.88. The van der Waals surface area contributed by atoms with E-state index in [1.165, 1.54) is 0 Å². The molecule has 0 saturated carbocycles. The van der Waals surface area contributed by atoms with Crippen molar-refractivity contribution in [1.29, 1.82) is 0 Å². The Bertz CT molecular complexity index is 589. The van der Waals surface area contributed by atoms with E-state index >= 15 is 0 Å². The van der Waals surface area contributed by atoms with E-state index in [1.54, 1.807) is 0 Å². The van der Waals surface area contributed by atoms with Gasteiger partial charge in [0, 0.05) is 18.5 Å². The normalized spacial score (nSPS) is 10.4. The molecule has 94 valence electrons. The number of nitrogens with zero attached hydrogens (tertiary/aromatic N) is 2. The highest BCUT2D eigenvalue weighted by atomic mass is 32.1. The summed E-state index contributed by atoms with van der Waals surface area (Å²) >= 11 is 5.15. The van der Waals surface area contributed by atoms with Gasteiger partial charge in [-0.05, 0) is 18.6 Å².